The summed E-state index contributed by atoms with van der Waals surface area (Å²) in [7, 11) is 0. The number of amides is 2. The zero-order valence-electron chi connectivity index (χ0n) is 17.5. The smallest absolute Gasteiger partial charge is 0.407 e. The highest BCUT2D eigenvalue weighted by Crippen LogP contribution is 2.32. The van der Waals surface area contributed by atoms with Crippen molar-refractivity contribution in [2.24, 2.45) is 0 Å². The van der Waals surface area contributed by atoms with Gasteiger partial charge in [-0.1, -0.05) is 18.2 Å². The van der Waals surface area contributed by atoms with Crippen LogP contribution in [0, 0.1) is 0 Å². The lowest BCUT2D eigenvalue weighted by Crippen LogP contribution is -2.41. The normalized spacial score (nSPS) is 14.0. The average Bonchev–Trinajstić information content (AvgIpc) is 2.81. The van der Waals surface area contributed by atoms with Crippen LogP contribution >= 0.6 is 11.6 Å². The Kier molecular flexibility index (Phi) is 6.55. The third-order valence-corrected chi connectivity index (χ3v) is 5.45. The first-order valence-electron chi connectivity index (χ1n) is 10.2. The fraction of sp³-hybridized carbons (Fsp3) is 0.227. The van der Waals surface area contributed by atoms with Gasteiger partial charge in [-0.15, -0.1) is 0 Å². The van der Waals surface area contributed by atoms with Gasteiger partial charge >= 0.3 is 6.09 Å². The van der Waals surface area contributed by atoms with Crippen LogP contribution < -0.4 is 15.4 Å². The number of nitrogens with zero attached hydrogens (tertiary/aromatic N) is 4. The Hall–Kier alpha value is -3.92. The van der Waals surface area contributed by atoms with Crippen molar-refractivity contribution < 1.29 is 19.4 Å². The van der Waals surface area contributed by atoms with Gasteiger partial charge in [0.15, 0.2) is 0 Å². The number of piperidine rings is 1. The number of carboxylic acid groups (broad SMARTS) is 1. The SMILES string of the molecule is C=CC(=O)Nc1cc2c(Nc3ccc(OC4CCN(C(=O)O)CC4)c(Cl)c3)ncnc2cn1. The molecule has 0 bridgehead atoms. The summed E-state index contributed by atoms with van der Waals surface area (Å²) >= 11 is 6.44. The fourth-order valence-corrected chi connectivity index (χ4v) is 3.68. The number of carbonyl (C=O) groups excluding carboxylic acids is 1. The molecule has 0 saturated carbocycles. The van der Waals surface area contributed by atoms with Gasteiger partial charge in [-0.3, -0.25) is 4.79 Å². The van der Waals surface area contributed by atoms with Gasteiger partial charge < -0.3 is 25.4 Å². The van der Waals surface area contributed by atoms with Crippen molar-refractivity contribution in [2.45, 2.75) is 18.9 Å². The second-order valence-corrected chi connectivity index (χ2v) is 7.77. The highest BCUT2D eigenvalue weighted by Gasteiger charge is 2.24. The molecule has 0 unspecified atom stereocenters. The Balaban J connectivity index is 1.48. The lowest BCUT2D eigenvalue weighted by molar-refractivity contribution is -0.111. The van der Waals surface area contributed by atoms with E-state index in [0.717, 1.165) is 6.08 Å². The molecule has 11 heteroatoms. The number of rotatable bonds is 6. The van der Waals surface area contributed by atoms with E-state index >= 15 is 0 Å². The molecule has 0 aliphatic carbocycles. The minimum Gasteiger partial charge on any atom is -0.489 e. The van der Waals surface area contributed by atoms with Crippen molar-refractivity contribution in [3.8, 4) is 5.75 Å². The molecule has 1 aliphatic heterocycles. The molecule has 0 radical (unpaired) electrons. The largest absolute Gasteiger partial charge is 0.489 e. The van der Waals surface area contributed by atoms with E-state index in [2.05, 4.69) is 32.2 Å². The quantitative estimate of drug-likeness (QED) is 0.461. The monoisotopic (exact) mass is 468 g/mol. The van der Waals surface area contributed by atoms with Crippen molar-refractivity contribution in [3.05, 3.63) is 54.5 Å². The highest BCUT2D eigenvalue weighted by molar-refractivity contribution is 6.32. The molecule has 2 aromatic heterocycles. The molecule has 4 rings (SSSR count). The van der Waals surface area contributed by atoms with Gasteiger partial charge in [0.2, 0.25) is 5.91 Å². The Morgan fingerprint density at radius 1 is 1.21 bits per heavy atom. The average molecular weight is 469 g/mol. The summed E-state index contributed by atoms with van der Waals surface area (Å²) in [6, 6.07) is 6.96. The molecule has 33 heavy (non-hydrogen) atoms. The summed E-state index contributed by atoms with van der Waals surface area (Å²) in [4.78, 5) is 36.7. The first-order chi connectivity index (χ1) is 15.9. The number of anilines is 3. The summed E-state index contributed by atoms with van der Waals surface area (Å²) in [5, 5.41) is 16.0. The number of nitrogens with one attached hydrogen (secondary N) is 2. The van der Waals surface area contributed by atoms with E-state index in [4.69, 9.17) is 21.4 Å². The maximum absolute atomic E-state index is 11.6. The van der Waals surface area contributed by atoms with Crippen LogP contribution in [0.25, 0.3) is 10.9 Å². The maximum atomic E-state index is 11.6. The summed E-state index contributed by atoms with van der Waals surface area (Å²) < 4.78 is 5.99. The van der Waals surface area contributed by atoms with Gasteiger partial charge in [0.25, 0.3) is 0 Å². The molecular formula is C22H21ClN6O4. The Morgan fingerprint density at radius 2 is 2.00 bits per heavy atom. The summed E-state index contributed by atoms with van der Waals surface area (Å²) in [6.07, 6.45) is 4.32. The van der Waals surface area contributed by atoms with E-state index in [1.165, 1.54) is 11.2 Å². The van der Waals surface area contributed by atoms with E-state index in [0.29, 0.717) is 64.9 Å². The van der Waals surface area contributed by atoms with Gasteiger partial charge in [-0.2, -0.15) is 0 Å². The van der Waals surface area contributed by atoms with E-state index < -0.39 is 6.09 Å². The molecule has 1 aromatic carbocycles. The van der Waals surface area contributed by atoms with Crippen LogP contribution in [0.5, 0.6) is 5.75 Å². The predicted octanol–water partition coefficient (Wildman–Crippen LogP) is 4.07. The van der Waals surface area contributed by atoms with Crippen molar-refractivity contribution in [2.75, 3.05) is 23.7 Å². The number of likely N-dealkylation sites (tertiary alicyclic amines) is 1. The first-order valence-corrected chi connectivity index (χ1v) is 10.6. The van der Waals surface area contributed by atoms with Crippen LogP contribution in [0.15, 0.2) is 49.4 Å². The van der Waals surface area contributed by atoms with E-state index in [-0.39, 0.29) is 12.0 Å². The third-order valence-electron chi connectivity index (χ3n) is 5.16. The van der Waals surface area contributed by atoms with Crippen molar-refractivity contribution >= 4 is 51.8 Å². The molecule has 2 amide bonds. The molecule has 1 aliphatic rings. The van der Waals surface area contributed by atoms with Crippen molar-refractivity contribution in [1.29, 1.82) is 0 Å². The number of fused-ring (bicyclic) bond motifs is 1. The van der Waals surface area contributed by atoms with E-state index in [1.807, 2.05) is 6.07 Å². The maximum Gasteiger partial charge on any atom is 0.407 e. The van der Waals surface area contributed by atoms with Gasteiger partial charge in [0, 0.05) is 37.0 Å². The lowest BCUT2D eigenvalue weighted by atomic mass is 10.1. The highest BCUT2D eigenvalue weighted by atomic mass is 35.5. The lowest BCUT2D eigenvalue weighted by Gasteiger charge is -2.30. The second-order valence-electron chi connectivity index (χ2n) is 7.36. The zero-order valence-corrected chi connectivity index (χ0v) is 18.2. The standard InChI is InChI=1S/C22H21ClN6O4/c1-2-20(30)28-19-10-15-17(11-24-19)25-12-26-21(15)27-13-3-4-18(16(23)9-13)33-14-5-7-29(8-6-14)22(31)32/h2-4,9-12,14H,1,5-8H2,(H,31,32)(H,24,28,30)(H,25,26,27). The molecular weight excluding hydrogens is 448 g/mol. The van der Waals surface area contributed by atoms with Crippen LogP contribution in [0.1, 0.15) is 12.8 Å². The van der Waals surface area contributed by atoms with Gasteiger partial charge in [0.1, 0.15) is 29.8 Å². The number of pyridine rings is 1. The van der Waals surface area contributed by atoms with Gasteiger partial charge in [-0.25, -0.2) is 19.7 Å². The van der Waals surface area contributed by atoms with Crippen LogP contribution in [-0.4, -0.2) is 56.2 Å². The molecule has 3 N–H and O–H groups in total. The topological polar surface area (TPSA) is 130 Å². The van der Waals surface area contributed by atoms with Gasteiger partial charge in [-0.05, 0) is 30.3 Å². The van der Waals surface area contributed by atoms with Crippen LogP contribution in [0.4, 0.5) is 22.1 Å². The van der Waals surface area contributed by atoms with Gasteiger partial charge in [0.05, 0.1) is 16.7 Å². The molecule has 0 atom stereocenters. The molecule has 3 aromatic rings. The second kappa shape index (κ2) is 9.70. The molecule has 10 nitrogen and oxygen atoms in total. The predicted molar refractivity (Wildman–Crippen MR) is 124 cm³/mol. The van der Waals surface area contributed by atoms with Crippen molar-refractivity contribution in [1.82, 2.24) is 19.9 Å². The van der Waals surface area contributed by atoms with Crippen LogP contribution in [0.3, 0.4) is 0 Å². The number of halogens is 1. The van der Waals surface area contributed by atoms with E-state index in [1.54, 1.807) is 24.4 Å². The number of hydrogen-bond donors (Lipinski definition) is 3. The number of aromatic nitrogens is 3. The molecule has 170 valence electrons. The van der Waals surface area contributed by atoms with Crippen LogP contribution in [0.2, 0.25) is 5.02 Å². The number of hydrogen-bond acceptors (Lipinski definition) is 7. The minimum atomic E-state index is -0.912. The Morgan fingerprint density at radius 3 is 2.70 bits per heavy atom. The Bertz CT molecular complexity index is 1210. The summed E-state index contributed by atoms with van der Waals surface area (Å²) in [5.41, 5.74) is 1.28. The van der Waals surface area contributed by atoms with Crippen molar-refractivity contribution in [3.63, 3.8) is 0 Å². The summed E-state index contributed by atoms with van der Waals surface area (Å²) in [6.45, 7) is 4.29. The first kappa shape index (κ1) is 22.3. The molecule has 3 heterocycles. The number of benzene rings is 1. The third kappa shape index (κ3) is 5.29. The minimum absolute atomic E-state index is 0.0978. The van der Waals surface area contributed by atoms with Crippen LogP contribution in [-0.2, 0) is 4.79 Å². The number of ether oxygens (including phenoxy) is 1. The fourth-order valence-electron chi connectivity index (χ4n) is 3.46. The molecule has 1 fully saturated rings. The Labute approximate surface area is 194 Å². The molecule has 1 saturated heterocycles. The molecule has 0 spiro atoms. The number of carbonyl (C=O) groups is 2. The van der Waals surface area contributed by atoms with E-state index in [9.17, 15) is 9.59 Å². The summed E-state index contributed by atoms with van der Waals surface area (Å²) in [5.74, 6) is 1.02. The zero-order chi connectivity index (χ0) is 23.4.